The molecule has 0 saturated heterocycles. The van der Waals surface area contributed by atoms with Gasteiger partial charge in [-0.2, -0.15) is 0 Å². The first-order valence-corrected chi connectivity index (χ1v) is 5.29. The van der Waals surface area contributed by atoms with Gasteiger partial charge in [0.15, 0.2) is 0 Å². The number of rotatable bonds is 2. The molecule has 0 nitrogen and oxygen atoms in total. The molecular formula is C10H11AsClF. The van der Waals surface area contributed by atoms with Gasteiger partial charge >= 0.3 is 80.4 Å². The fourth-order valence-electron chi connectivity index (χ4n) is 1.37. The van der Waals surface area contributed by atoms with Crippen LogP contribution in [0.4, 0.5) is 4.39 Å². The third-order valence-electron chi connectivity index (χ3n) is 2.26. The van der Waals surface area contributed by atoms with Crippen LogP contribution in [0.1, 0.15) is 23.1 Å². The zero-order chi connectivity index (χ0) is 8.55. The zero-order valence-corrected chi connectivity index (χ0v) is 9.80. The maximum atomic E-state index is 12.8. The maximum absolute atomic E-state index is 12.8. The molecule has 0 aromatic heterocycles. The van der Waals surface area contributed by atoms with E-state index in [9.17, 15) is 4.39 Å². The molecule has 1 fully saturated rings. The number of hydrogen-bond acceptors (Lipinski definition) is 0. The summed E-state index contributed by atoms with van der Waals surface area (Å²) in [6.45, 7) is 0. The van der Waals surface area contributed by atoms with E-state index in [1.807, 2.05) is 6.07 Å². The van der Waals surface area contributed by atoms with E-state index in [1.165, 1.54) is 18.9 Å². The molecule has 1 aromatic rings. The van der Waals surface area contributed by atoms with Gasteiger partial charge in [-0.25, -0.2) is 0 Å². The molecule has 3 heteroatoms. The van der Waals surface area contributed by atoms with Gasteiger partial charge in [0.25, 0.3) is 0 Å². The molecule has 0 unspecified atom stereocenters. The predicted octanol–water partition coefficient (Wildman–Crippen LogP) is 2.87. The van der Waals surface area contributed by atoms with Gasteiger partial charge in [-0.3, -0.25) is 0 Å². The average Bonchev–Trinajstić information content (AvgIpc) is 2.85. The van der Waals surface area contributed by atoms with Gasteiger partial charge in [0.1, 0.15) is 0 Å². The molecule has 0 aliphatic heterocycles. The van der Waals surface area contributed by atoms with Crippen LogP contribution in [0.2, 0.25) is 0 Å². The van der Waals surface area contributed by atoms with Crippen molar-refractivity contribution in [3.05, 3.63) is 35.6 Å². The summed E-state index contributed by atoms with van der Waals surface area (Å²) >= 11 is 2.65. The Balaban J connectivity index is 0.000000845. The summed E-state index contributed by atoms with van der Waals surface area (Å²) in [5, 5.41) is 0. The van der Waals surface area contributed by atoms with Crippen LogP contribution in [0.25, 0.3) is 0 Å². The van der Waals surface area contributed by atoms with Gasteiger partial charge in [-0.05, 0) is 0 Å². The SMILES string of the molecule is Cl.Fc1cccc([C@@H]([As])C2CC2)c1. The molecule has 2 rings (SSSR count). The molecule has 1 aromatic carbocycles. The molecule has 1 atom stereocenters. The van der Waals surface area contributed by atoms with Crippen molar-refractivity contribution < 1.29 is 4.39 Å². The molecule has 1 aliphatic carbocycles. The third kappa shape index (κ3) is 2.72. The van der Waals surface area contributed by atoms with Crippen LogP contribution < -0.4 is 0 Å². The van der Waals surface area contributed by atoms with E-state index in [4.69, 9.17) is 0 Å². The van der Waals surface area contributed by atoms with Crippen molar-refractivity contribution in [2.45, 2.75) is 17.5 Å². The summed E-state index contributed by atoms with van der Waals surface area (Å²) < 4.78 is 13.3. The van der Waals surface area contributed by atoms with Crippen molar-refractivity contribution in [3.8, 4) is 0 Å². The molecule has 0 bridgehead atoms. The number of benzene rings is 1. The predicted molar refractivity (Wildman–Crippen MR) is 54.9 cm³/mol. The minimum atomic E-state index is -0.121. The summed E-state index contributed by atoms with van der Waals surface area (Å²) in [4.78, 5) is 0. The minimum absolute atomic E-state index is 0. The van der Waals surface area contributed by atoms with Crippen LogP contribution in [-0.2, 0) is 0 Å². The molecule has 0 N–H and O–H groups in total. The quantitative estimate of drug-likeness (QED) is 0.718. The molecule has 0 amide bonds. The van der Waals surface area contributed by atoms with E-state index in [0.717, 1.165) is 11.5 Å². The summed E-state index contributed by atoms with van der Waals surface area (Å²) in [5.41, 5.74) is 1.12. The van der Waals surface area contributed by atoms with Crippen LogP contribution in [0.15, 0.2) is 24.3 Å². The third-order valence-corrected chi connectivity index (χ3v) is 3.77. The van der Waals surface area contributed by atoms with E-state index < -0.39 is 0 Å². The Hall–Kier alpha value is -0.00156. The molecule has 2 radical (unpaired) electrons. The molecule has 1 aliphatic rings. The summed E-state index contributed by atoms with van der Waals surface area (Å²) in [6, 6.07) is 6.93. The van der Waals surface area contributed by atoms with Crippen molar-refractivity contribution in [2.75, 3.05) is 0 Å². The first-order valence-electron chi connectivity index (χ1n) is 4.21. The Morgan fingerprint density at radius 2 is 2.08 bits per heavy atom. The van der Waals surface area contributed by atoms with Crippen LogP contribution in [0.5, 0.6) is 0 Å². The molecule has 13 heavy (non-hydrogen) atoms. The average molecular weight is 261 g/mol. The zero-order valence-electron chi connectivity index (χ0n) is 7.11. The van der Waals surface area contributed by atoms with Gasteiger partial charge in [-0.1, -0.05) is 0 Å². The van der Waals surface area contributed by atoms with E-state index in [1.54, 1.807) is 12.1 Å². The van der Waals surface area contributed by atoms with E-state index in [-0.39, 0.29) is 18.2 Å². The van der Waals surface area contributed by atoms with Crippen molar-refractivity contribution in [3.63, 3.8) is 0 Å². The van der Waals surface area contributed by atoms with Crippen LogP contribution in [-0.4, -0.2) is 16.9 Å². The standard InChI is InChI=1S/C10H10AsF.ClH/c11-10(7-4-5-7)8-2-1-3-9(12)6-8;/h1-3,6-7,10H,4-5H2;1H/t10-;/m0./s1. The fraction of sp³-hybridized carbons (Fsp3) is 0.400. The van der Waals surface area contributed by atoms with Crippen LogP contribution in [0, 0.1) is 11.7 Å². The first kappa shape index (κ1) is 11.1. The monoisotopic (exact) mass is 260 g/mol. The van der Waals surface area contributed by atoms with Gasteiger partial charge < -0.3 is 0 Å². The van der Waals surface area contributed by atoms with Gasteiger partial charge in [0.05, 0.1) is 0 Å². The fourth-order valence-corrected chi connectivity index (χ4v) is 2.34. The van der Waals surface area contributed by atoms with Crippen molar-refractivity contribution in [2.24, 2.45) is 5.92 Å². The van der Waals surface area contributed by atoms with Crippen molar-refractivity contribution >= 4 is 29.3 Å². The van der Waals surface area contributed by atoms with Gasteiger partial charge in [0, 0.05) is 0 Å². The van der Waals surface area contributed by atoms with Gasteiger partial charge in [-0.15, -0.1) is 12.4 Å². The summed E-state index contributed by atoms with van der Waals surface area (Å²) in [7, 11) is 0. The van der Waals surface area contributed by atoms with Crippen LogP contribution >= 0.6 is 12.4 Å². The molecule has 0 spiro atoms. The Morgan fingerprint density at radius 1 is 1.38 bits per heavy atom. The van der Waals surface area contributed by atoms with E-state index >= 15 is 0 Å². The first-order chi connectivity index (χ1) is 5.77. The summed E-state index contributed by atoms with van der Waals surface area (Å²) in [5.74, 6) is 0.663. The molecule has 70 valence electrons. The Bertz CT molecular complexity index is 286. The normalized spacial score (nSPS) is 17.7. The number of hydrogen-bond donors (Lipinski definition) is 0. The van der Waals surface area contributed by atoms with Crippen molar-refractivity contribution in [1.82, 2.24) is 0 Å². The Morgan fingerprint density at radius 3 is 2.62 bits per heavy atom. The molecule has 1 saturated carbocycles. The van der Waals surface area contributed by atoms with Crippen LogP contribution in [0.3, 0.4) is 0 Å². The summed E-state index contributed by atoms with van der Waals surface area (Å²) in [6.07, 6.45) is 2.60. The second-order valence-electron chi connectivity index (χ2n) is 3.34. The second kappa shape index (κ2) is 4.48. The van der Waals surface area contributed by atoms with E-state index in [2.05, 4.69) is 16.9 Å². The molecule has 0 heterocycles. The number of halogens is 2. The molecular weight excluding hydrogens is 249 g/mol. The second-order valence-corrected chi connectivity index (χ2v) is 4.50. The Kier molecular flexibility index (Phi) is 3.82. The van der Waals surface area contributed by atoms with E-state index in [0.29, 0.717) is 4.71 Å². The van der Waals surface area contributed by atoms with Gasteiger partial charge in [0.2, 0.25) is 0 Å². The van der Waals surface area contributed by atoms with Crippen molar-refractivity contribution in [1.29, 1.82) is 0 Å². The Labute approximate surface area is 92.8 Å². The topological polar surface area (TPSA) is 0 Å².